The summed E-state index contributed by atoms with van der Waals surface area (Å²) in [7, 11) is -2.34. The zero-order valence-corrected chi connectivity index (χ0v) is 9.13. The second-order valence-electron chi connectivity index (χ2n) is 2.66. The van der Waals surface area contributed by atoms with E-state index in [0.717, 1.165) is 6.20 Å². The van der Waals surface area contributed by atoms with E-state index in [9.17, 15) is 9.00 Å². The second-order valence-corrected chi connectivity index (χ2v) is 5.24. The van der Waals surface area contributed by atoms with Gasteiger partial charge < -0.3 is 4.74 Å². The molecule has 0 saturated carbocycles. The molecular formula is C8H12N2O3S. The van der Waals surface area contributed by atoms with Crippen LogP contribution in [0.4, 0.5) is 0 Å². The smallest absolute Gasteiger partial charge is 0.350 e. The Bertz CT molecular complexity index is 389. The highest BCUT2D eigenvalue weighted by molar-refractivity contribution is 7.92. The molecule has 0 aromatic heterocycles. The molecule has 5 nitrogen and oxygen atoms in total. The van der Waals surface area contributed by atoms with Gasteiger partial charge in [-0.1, -0.05) is 0 Å². The topological polar surface area (TPSA) is 79.5 Å². The van der Waals surface area contributed by atoms with E-state index in [1.54, 1.807) is 13.0 Å². The highest BCUT2D eigenvalue weighted by Gasteiger charge is 2.08. The summed E-state index contributed by atoms with van der Waals surface area (Å²) in [5, 5.41) is 8.55. The van der Waals surface area contributed by atoms with Crippen molar-refractivity contribution in [2.45, 2.75) is 6.92 Å². The van der Waals surface area contributed by atoms with Crippen LogP contribution in [0.2, 0.25) is 0 Å². The Labute approximate surface area is 83.6 Å². The van der Waals surface area contributed by atoms with Crippen molar-refractivity contribution in [3.63, 3.8) is 0 Å². The SMILES string of the molecule is CCOC(=O)/C(C#N)=C\N=S(C)(C)=O. The van der Waals surface area contributed by atoms with Crippen molar-refractivity contribution in [1.29, 1.82) is 5.26 Å². The first kappa shape index (κ1) is 12.7. The fourth-order valence-corrected chi connectivity index (χ4v) is 0.875. The van der Waals surface area contributed by atoms with Crippen molar-refractivity contribution in [1.82, 2.24) is 0 Å². The number of carbonyl (C=O) groups excluding carboxylic acids is 1. The van der Waals surface area contributed by atoms with Crippen LogP contribution in [-0.4, -0.2) is 29.3 Å². The maximum Gasteiger partial charge on any atom is 0.350 e. The zero-order chi connectivity index (χ0) is 11.2. The summed E-state index contributed by atoms with van der Waals surface area (Å²) in [6, 6.07) is 1.63. The minimum absolute atomic E-state index is 0.186. The maximum absolute atomic E-state index is 11.1. The van der Waals surface area contributed by atoms with Crippen LogP contribution in [0.5, 0.6) is 0 Å². The summed E-state index contributed by atoms with van der Waals surface area (Å²) < 4.78 is 19.3. The van der Waals surface area contributed by atoms with E-state index in [1.807, 2.05) is 0 Å². The average molecular weight is 216 g/mol. The van der Waals surface area contributed by atoms with Crippen molar-refractivity contribution in [3.05, 3.63) is 11.8 Å². The van der Waals surface area contributed by atoms with E-state index in [0.29, 0.717) is 0 Å². The molecule has 0 spiro atoms. The molecule has 0 N–H and O–H groups in total. The van der Waals surface area contributed by atoms with Gasteiger partial charge in [0, 0.05) is 22.2 Å². The molecule has 0 aliphatic heterocycles. The van der Waals surface area contributed by atoms with Gasteiger partial charge in [0.05, 0.1) is 12.8 Å². The lowest BCUT2D eigenvalue weighted by Gasteiger charge is -1.97. The Morgan fingerprint density at radius 3 is 2.57 bits per heavy atom. The molecule has 0 radical (unpaired) electrons. The third-order valence-electron chi connectivity index (χ3n) is 1.05. The van der Waals surface area contributed by atoms with Crippen LogP contribution >= 0.6 is 0 Å². The van der Waals surface area contributed by atoms with Crippen molar-refractivity contribution in [2.75, 3.05) is 19.1 Å². The Morgan fingerprint density at radius 2 is 2.21 bits per heavy atom. The highest BCUT2D eigenvalue weighted by Crippen LogP contribution is 1.98. The predicted molar refractivity (Wildman–Crippen MR) is 52.7 cm³/mol. The molecular weight excluding hydrogens is 204 g/mol. The van der Waals surface area contributed by atoms with Crippen LogP contribution in [0.1, 0.15) is 6.92 Å². The number of hydrogen-bond donors (Lipinski definition) is 0. The molecule has 0 aliphatic rings. The van der Waals surface area contributed by atoms with Crippen LogP contribution in [0.25, 0.3) is 0 Å². The number of rotatable bonds is 3. The van der Waals surface area contributed by atoms with E-state index in [1.165, 1.54) is 12.5 Å². The Balaban J connectivity index is 4.86. The summed E-state index contributed by atoms with van der Waals surface area (Å²) in [6.45, 7) is 1.82. The summed E-state index contributed by atoms with van der Waals surface area (Å²) in [5.74, 6) is -0.748. The lowest BCUT2D eigenvalue weighted by Crippen LogP contribution is -2.06. The molecule has 0 amide bonds. The van der Waals surface area contributed by atoms with E-state index >= 15 is 0 Å². The van der Waals surface area contributed by atoms with Crippen molar-refractivity contribution >= 4 is 15.7 Å². The third-order valence-corrected chi connectivity index (χ3v) is 1.66. The molecule has 0 aromatic carbocycles. The van der Waals surface area contributed by atoms with E-state index in [4.69, 9.17) is 5.26 Å². The number of nitriles is 1. The molecule has 0 heterocycles. The largest absolute Gasteiger partial charge is 0.462 e. The standard InChI is InChI=1S/C8H12N2O3S/c1-4-13-8(11)7(5-9)6-10-14(2,3)12/h6H,4H2,1-3H3/b7-6-. The number of nitrogens with zero attached hydrogens (tertiary/aromatic N) is 2. The number of ether oxygens (including phenoxy) is 1. The second kappa shape index (κ2) is 5.40. The molecule has 0 bridgehead atoms. The van der Waals surface area contributed by atoms with Crippen LogP contribution in [0.15, 0.2) is 16.1 Å². The van der Waals surface area contributed by atoms with Crippen LogP contribution in [0, 0.1) is 11.3 Å². The predicted octanol–water partition coefficient (Wildman–Crippen LogP) is 0.685. The van der Waals surface area contributed by atoms with Crippen LogP contribution in [-0.2, 0) is 19.3 Å². The number of esters is 1. The summed E-state index contributed by atoms with van der Waals surface area (Å²) >= 11 is 0. The Hall–Kier alpha value is -1.35. The first-order chi connectivity index (χ1) is 6.40. The van der Waals surface area contributed by atoms with Crippen molar-refractivity contribution < 1.29 is 13.7 Å². The molecule has 0 saturated heterocycles. The minimum atomic E-state index is -2.34. The van der Waals surface area contributed by atoms with Gasteiger partial charge in [0.15, 0.2) is 5.57 Å². The van der Waals surface area contributed by atoms with Crippen molar-refractivity contribution in [2.24, 2.45) is 4.36 Å². The normalized spacial score (nSPS) is 11.7. The van der Waals surface area contributed by atoms with Gasteiger partial charge in [0.2, 0.25) is 0 Å². The van der Waals surface area contributed by atoms with Gasteiger partial charge in [-0.05, 0) is 6.92 Å². The summed E-state index contributed by atoms with van der Waals surface area (Å²) in [5.41, 5.74) is -0.247. The van der Waals surface area contributed by atoms with Gasteiger partial charge in [-0.2, -0.15) is 5.26 Å². The monoisotopic (exact) mass is 216 g/mol. The van der Waals surface area contributed by atoms with Crippen LogP contribution < -0.4 is 0 Å². The molecule has 78 valence electrons. The zero-order valence-electron chi connectivity index (χ0n) is 8.31. The Morgan fingerprint density at radius 1 is 1.64 bits per heavy atom. The van der Waals surface area contributed by atoms with Gasteiger partial charge in [0.25, 0.3) is 0 Å². The van der Waals surface area contributed by atoms with E-state index in [2.05, 4.69) is 9.10 Å². The molecule has 0 fully saturated rings. The quantitative estimate of drug-likeness (QED) is 0.395. The van der Waals surface area contributed by atoms with E-state index in [-0.39, 0.29) is 12.2 Å². The van der Waals surface area contributed by atoms with Gasteiger partial charge in [-0.25, -0.2) is 13.4 Å². The summed E-state index contributed by atoms with van der Waals surface area (Å²) in [6.07, 6.45) is 3.80. The minimum Gasteiger partial charge on any atom is -0.462 e. The molecule has 0 unspecified atom stereocenters. The lowest BCUT2D eigenvalue weighted by molar-refractivity contribution is -0.138. The average Bonchev–Trinajstić information content (AvgIpc) is 2.03. The van der Waals surface area contributed by atoms with Crippen molar-refractivity contribution in [3.8, 4) is 6.07 Å². The van der Waals surface area contributed by atoms with Gasteiger partial charge in [-0.15, -0.1) is 0 Å². The fraction of sp³-hybridized carbons (Fsp3) is 0.500. The molecule has 0 aliphatic carbocycles. The van der Waals surface area contributed by atoms with E-state index < -0.39 is 15.7 Å². The molecule has 14 heavy (non-hydrogen) atoms. The molecule has 6 heteroatoms. The molecule has 0 aromatic rings. The fourth-order valence-electron chi connectivity index (χ4n) is 0.516. The van der Waals surface area contributed by atoms with Gasteiger partial charge in [0.1, 0.15) is 6.07 Å². The van der Waals surface area contributed by atoms with Crippen LogP contribution in [0.3, 0.4) is 0 Å². The van der Waals surface area contributed by atoms with Gasteiger partial charge in [-0.3, -0.25) is 0 Å². The first-order valence-corrected chi connectivity index (χ1v) is 6.17. The van der Waals surface area contributed by atoms with Gasteiger partial charge >= 0.3 is 5.97 Å². The number of hydrogen-bond acceptors (Lipinski definition) is 5. The highest BCUT2D eigenvalue weighted by atomic mass is 32.2. The maximum atomic E-state index is 11.1. The Kier molecular flexibility index (Phi) is 4.87. The molecule has 0 rings (SSSR count). The number of carbonyl (C=O) groups is 1. The lowest BCUT2D eigenvalue weighted by atomic mass is 10.3. The summed E-state index contributed by atoms with van der Waals surface area (Å²) in [4.78, 5) is 11.0. The molecule has 0 atom stereocenters. The first-order valence-electron chi connectivity index (χ1n) is 3.84. The third kappa shape index (κ3) is 5.32.